The highest BCUT2D eigenvalue weighted by atomic mass is 32.2. The molecule has 3 rings (SSSR count). The zero-order valence-electron chi connectivity index (χ0n) is 15.5. The van der Waals surface area contributed by atoms with Gasteiger partial charge in [0.05, 0.1) is 5.25 Å². The molecule has 140 valence electrons. The number of thioether (sulfide) groups is 1. The van der Waals surface area contributed by atoms with Crippen LogP contribution in [0.1, 0.15) is 39.0 Å². The van der Waals surface area contributed by atoms with E-state index in [2.05, 4.69) is 10.2 Å². The van der Waals surface area contributed by atoms with Gasteiger partial charge >= 0.3 is 0 Å². The van der Waals surface area contributed by atoms with Crippen LogP contribution in [0.15, 0.2) is 29.4 Å². The van der Waals surface area contributed by atoms with E-state index in [1.54, 1.807) is 12.1 Å². The van der Waals surface area contributed by atoms with Gasteiger partial charge in [-0.15, -0.1) is 10.2 Å². The molecule has 0 spiro atoms. The molecule has 1 amide bonds. The minimum atomic E-state index is -0.282. The Bertz CT molecular complexity index is 755. The number of hydrogen-bond acceptors (Lipinski definition) is 4. The van der Waals surface area contributed by atoms with E-state index in [4.69, 9.17) is 0 Å². The molecule has 1 fully saturated rings. The summed E-state index contributed by atoms with van der Waals surface area (Å²) in [6.07, 6.45) is 5.87. The van der Waals surface area contributed by atoms with Gasteiger partial charge in [-0.25, -0.2) is 4.39 Å². The van der Waals surface area contributed by atoms with E-state index in [0.29, 0.717) is 17.0 Å². The Kier molecular flexibility index (Phi) is 5.96. The number of rotatable bonds is 5. The third-order valence-corrected chi connectivity index (χ3v) is 6.16. The van der Waals surface area contributed by atoms with E-state index in [0.717, 1.165) is 18.4 Å². The molecule has 1 aromatic carbocycles. The third kappa shape index (κ3) is 4.09. The molecule has 2 aromatic rings. The van der Waals surface area contributed by atoms with Crippen LogP contribution in [0.5, 0.6) is 0 Å². The largest absolute Gasteiger partial charge is 0.342 e. The van der Waals surface area contributed by atoms with E-state index in [1.165, 1.54) is 43.2 Å². The molecule has 0 aliphatic heterocycles. The molecule has 0 bridgehead atoms. The molecule has 1 aromatic heterocycles. The van der Waals surface area contributed by atoms with Gasteiger partial charge in [-0.3, -0.25) is 4.79 Å². The lowest BCUT2D eigenvalue weighted by atomic mass is 9.94. The zero-order chi connectivity index (χ0) is 18.7. The molecule has 0 N–H and O–H groups in total. The molecule has 1 unspecified atom stereocenters. The number of nitrogens with zero attached hydrogens (tertiary/aromatic N) is 4. The van der Waals surface area contributed by atoms with Gasteiger partial charge in [-0.1, -0.05) is 31.0 Å². The van der Waals surface area contributed by atoms with Crippen LogP contribution < -0.4 is 0 Å². The molecule has 0 saturated heterocycles. The number of carbonyl (C=O) groups excluding carboxylic acids is 1. The smallest absolute Gasteiger partial charge is 0.235 e. The fourth-order valence-corrected chi connectivity index (χ4v) is 4.33. The van der Waals surface area contributed by atoms with Gasteiger partial charge in [0.1, 0.15) is 5.82 Å². The van der Waals surface area contributed by atoms with Gasteiger partial charge in [-0.05, 0) is 44.0 Å². The maximum Gasteiger partial charge on any atom is 0.235 e. The maximum absolute atomic E-state index is 13.1. The highest BCUT2D eigenvalue weighted by Gasteiger charge is 2.27. The van der Waals surface area contributed by atoms with Gasteiger partial charge in [-0.2, -0.15) is 0 Å². The number of amides is 1. The number of aromatic nitrogens is 3. The van der Waals surface area contributed by atoms with Crippen LogP contribution in [0.4, 0.5) is 4.39 Å². The quantitative estimate of drug-likeness (QED) is 0.743. The summed E-state index contributed by atoms with van der Waals surface area (Å²) in [4.78, 5) is 14.7. The lowest BCUT2D eigenvalue weighted by Gasteiger charge is -2.32. The molecular weight excluding hydrogens is 351 g/mol. The van der Waals surface area contributed by atoms with Crippen molar-refractivity contribution in [2.45, 2.75) is 55.5 Å². The summed E-state index contributed by atoms with van der Waals surface area (Å²) in [5, 5.41) is 8.88. The standard InChI is InChI=1S/C19H25FN4OS/c1-13(18(25)23(2)16-7-5-4-6-8-16)26-19-22-21-17(24(19)3)14-9-11-15(20)12-10-14/h9-13,16H,4-8H2,1-3H3. The van der Waals surface area contributed by atoms with Crippen molar-refractivity contribution in [3.8, 4) is 11.4 Å². The molecule has 5 nitrogen and oxygen atoms in total. The molecular formula is C19H25FN4OS. The first-order valence-electron chi connectivity index (χ1n) is 9.06. The van der Waals surface area contributed by atoms with Crippen molar-refractivity contribution in [3.63, 3.8) is 0 Å². The topological polar surface area (TPSA) is 51.0 Å². The van der Waals surface area contributed by atoms with E-state index in [1.807, 2.05) is 30.5 Å². The molecule has 0 radical (unpaired) electrons. The van der Waals surface area contributed by atoms with E-state index >= 15 is 0 Å². The molecule has 1 saturated carbocycles. The summed E-state index contributed by atoms with van der Waals surface area (Å²) in [7, 11) is 3.78. The molecule has 26 heavy (non-hydrogen) atoms. The second-order valence-electron chi connectivity index (χ2n) is 6.87. The minimum Gasteiger partial charge on any atom is -0.342 e. The Balaban J connectivity index is 1.68. The van der Waals surface area contributed by atoms with Crippen LogP contribution in [0.3, 0.4) is 0 Å². The van der Waals surface area contributed by atoms with Gasteiger partial charge in [0.2, 0.25) is 5.91 Å². The second-order valence-corrected chi connectivity index (χ2v) is 8.18. The van der Waals surface area contributed by atoms with Crippen LogP contribution in [0.25, 0.3) is 11.4 Å². The van der Waals surface area contributed by atoms with Gasteiger partial charge < -0.3 is 9.47 Å². The number of halogens is 1. The number of hydrogen-bond donors (Lipinski definition) is 0. The third-order valence-electron chi connectivity index (χ3n) is 5.04. The van der Waals surface area contributed by atoms with Crippen molar-refractivity contribution in [3.05, 3.63) is 30.1 Å². The van der Waals surface area contributed by atoms with Crippen molar-refractivity contribution in [2.75, 3.05) is 7.05 Å². The van der Waals surface area contributed by atoms with Crippen LogP contribution in [0.2, 0.25) is 0 Å². The highest BCUT2D eigenvalue weighted by molar-refractivity contribution is 8.00. The van der Waals surface area contributed by atoms with Crippen LogP contribution >= 0.6 is 11.8 Å². The monoisotopic (exact) mass is 376 g/mol. The molecule has 7 heteroatoms. The summed E-state index contributed by atoms with van der Waals surface area (Å²) in [5.41, 5.74) is 0.798. The van der Waals surface area contributed by atoms with Crippen molar-refractivity contribution in [1.29, 1.82) is 0 Å². The highest BCUT2D eigenvalue weighted by Crippen LogP contribution is 2.28. The first-order chi connectivity index (χ1) is 12.5. The molecule has 1 aliphatic rings. The van der Waals surface area contributed by atoms with Gasteiger partial charge in [0.15, 0.2) is 11.0 Å². The fourth-order valence-electron chi connectivity index (χ4n) is 3.41. The van der Waals surface area contributed by atoms with E-state index in [9.17, 15) is 9.18 Å². The Morgan fingerprint density at radius 1 is 1.23 bits per heavy atom. The molecule has 1 heterocycles. The summed E-state index contributed by atoms with van der Waals surface area (Å²) >= 11 is 1.41. The minimum absolute atomic E-state index is 0.133. The first kappa shape index (κ1) is 18.9. The van der Waals surface area contributed by atoms with Crippen molar-refractivity contribution in [2.24, 2.45) is 7.05 Å². The summed E-state index contributed by atoms with van der Waals surface area (Å²) in [5.74, 6) is 0.511. The lowest BCUT2D eigenvalue weighted by Crippen LogP contribution is -2.42. The lowest BCUT2D eigenvalue weighted by molar-refractivity contribution is -0.131. The average Bonchev–Trinajstić information content (AvgIpc) is 3.02. The normalized spacial score (nSPS) is 16.5. The predicted octanol–water partition coefficient (Wildman–Crippen LogP) is 3.89. The fraction of sp³-hybridized carbons (Fsp3) is 0.526. The maximum atomic E-state index is 13.1. The van der Waals surface area contributed by atoms with E-state index in [-0.39, 0.29) is 17.0 Å². The summed E-state index contributed by atoms with van der Waals surface area (Å²) in [6, 6.07) is 6.52. The zero-order valence-corrected chi connectivity index (χ0v) is 16.3. The van der Waals surface area contributed by atoms with Crippen LogP contribution in [0, 0.1) is 5.82 Å². The Hall–Kier alpha value is -1.89. The Morgan fingerprint density at radius 3 is 2.54 bits per heavy atom. The Morgan fingerprint density at radius 2 is 1.88 bits per heavy atom. The first-order valence-corrected chi connectivity index (χ1v) is 9.94. The number of carbonyl (C=O) groups is 1. The van der Waals surface area contributed by atoms with Crippen molar-refractivity contribution >= 4 is 17.7 Å². The van der Waals surface area contributed by atoms with Crippen LogP contribution in [-0.4, -0.2) is 43.9 Å². The van der Waals surface area contributed by atoms with Crippen molar-refractivity contribution < 1.29 is 9.18 Å². The molecule has 1 atom stereocenters. The summed E-state index contributed by atoms with van der Waals surface area (Å²) < 4.78 is 15.0. The van der Waals surface area contributed by atoms with E-state index < -0.39 is 0 Å². The van der Waals surface area contributed by atoms with Crippen LogP contribution in [-0.2, 0) is 11.8 Å². The second kappa shape index (κ2) is 8.20. The SMILES string of the molecule is CC(Sc1nnc(-c2ccc(F)cc2)n1C)C(=O)N(C)C1CCCCC1. The molecule has 1 aliphatic carbocycles. The summed E-state index contributed by atoms with van der Waals surface area (Å²) in [6.45, 7) is 1.92. The average molecular weight is 377 g/mol. The van der Waals surface area contributed by atoms with Gasteiger partial charge in [0, 0.05) is 25.7 Å². The predicted molar refractivity (Wildman–Crippen MR) is 101 cm³/mol. The Labute approximate surface area is 158 Å². The van der Waals surface area contributed by atoms with Gasteiger partial charge in [0.25, 0.3) is 0 Å². The number of benzene rings is 1. The van der Waals surface area contributed by atoms with Crippen molar-refractivity contribution in [1.82, 2.24) is 19.7 Å².